The summed E-state index contributed by atoms with van der Waals surface area (Å²) in [5.41, 5.74) is -0.367. The summed E-state index contributed by atoms with van der Waals surface area (Å²) >= 11 is 1.58. The van der Waals surface area contributed by atoms with E-state index >= 15 is 0 Å². The van der Waals surface area contributed by atoms with Gasteiger partial charge in [-0.1, -0.05) is 48.2 Å². The molecule has 24 heavy (non-hydrogen) atoms. The van der Waals surface area contributed by atoms with Gasteiger partial charge in [-0.05, 0) is 43.5 Å². The third-order valence-corrected chi connectivity index (χ3v) is 5.46. The highest BCUT2D eigenvalue weighted by Crippen LogP contribution is 2.44. The second-order valence-corrected chi connectivity index (χ2v) is 6.93. The summed E-state index contributed by atoms with van der Waals surface area (Å²) in [6, 6.07) is 17.7. The van der Waals surface area contributed by atoms with Crippen molar-refractivity contribution in [3.8, 4) is 0 Å². The molecule has 3 nitrogen and oxygen atoms in total. The lowest BCUT2D eigenvalue weighted by atomic mass is 9.78. The summed E-state index contributed by atoms with van der Waals surface area (Å²) in [5.74, 6) is -0.435. The molecule has 0 aliphatic heterocycles. The summed E-state index contributed by atoms with van der Waals surface area (Å²) in [6.45, 7) is 2.05. The van der Waals surface area contributed by atoms with Crippen LogP contribution < -0.4 is 0 Å². The van der Waals surface area contributed by atoms with Gasteiger partial charge in [0.2, 0.25) is 0 Å². The third kappa shape index (κ3) is 2.98. The van der Waals surface area contributed by atoms with Gasteiger partial charge in [-0.3, -0.25) is 9.59 Å². The van der Waals surface area contributed by atoms with Gasteiger partial charge in [0.15, 0.2) is 11.2 Å². The fraction of sp³-hybridized carbons (Fsp3) is 0.300. The molecule has 124 valence electrons. The van der Waals surface area contributed by atoms with Crippen LogP contribution in [-0.2, 0) is 19.7 Å². The van der Waals surface area contributed by atoms with E-state index in [1.165, 1.54) is 0 Å². The van der Waals surface area contributed by atoms with Crippen molar-refractivity contribution in [2.75, 3.05) is 6.61 Å². The highest BCUT2D eigenvalue weighted by molar-refractivity contribution is 7.99. The van der Waals surface area contributed by atoms with E-state index in [0.29, 0.717) is 12.8 Å². The smallest absolute Gasteiger partial charge is 0.324 e. The van der Waals surface area contributed by atoms with Gasteiger partial charge in [0.25, 0.3) is 0 Å². The van der Waals surface area contributed by atoms with E-state index in [9.17, 15) is 9.59 Å². The zero-order valence-corrected chi connectivity index (χ0v) is 14.5. The summed E-state index contributed by atoms with van der Waals surface area (Å²) in [4.78, 5) is 27.5. The minimum absolute atomic E-state index is 0.0259. The minimum atomic E-state index is -1.14. The average molecular weight is 340 g/mol. The Morgan fingerprint density at radius 3 is 2.50 bits per heavy atom. The summed E-state index contributed by atoms with van der Waals surface area (Å²) in [5, 5.41) is 0. The molecule has 1 fully saturated rings. The van der Waals surface area contributed by atoms with E-state index in [0.717, 1.165) is 21.8 Å². The van der Waals surface area contributed by atoms with Crippen LogP contribution in [-0.4, -0.2) is 18.4 Å². The average Bonchev–Trinajstić information content (AvgIpc) is 2.99. The van der Waals surface area contributed by atoms with E-state index in [1.807, 2.05) is 54.6 Å². The fourth-order valence-corrected chi connectivity index (χ4v) is 4.30. The summed E-state index contributed by atoms with van der Waals surface area (Å²) < 4.78 is 5.29. The predicted octanol–water partition coefficient (Wildman–Crippen LogP) is 4.39. The SMILES string of the molecule is CCOC(=O)C1(c2ccccc2Sc2ccccc2)CCCC1=O. The monoisotopic (exact) mass is 340 g/mol. The number of Topliss-reactive ketones (excluding diaryl/α,β-unsaturated/α-hetero) is 1. The molecule has 2 aromatic rings. The minimum Gasteiger partial charge on any atom is -0.465 e. The number of ether oxygens (including phenoxy) is 1. The largest absolute Gasteiger partial charge is 0.465 e. The molecule has 1 saturated carbocycles. The molecule has 0 heterocycles. The zero-order chi connectivity index (χ0) is 17.0. The maximum absolute atomic E-state index is 12.7. The van der Waals surface area contributed by atoms with E-state index in [2.05, 4.69) is 0 Å². The van der Waals surface area contributed by atoms with Crippen LogP contribution in [0.3, 0.4) is 0 Å². The van der Waals surface area contributed by atoms with Gasteiger partial charge >= 0.3 is 5.97 Å². The van der Waals surface area contributed by atoms with Gasteiger partial charge in [0.05, 0.1) is 6.61 Å². The molecule has 1 aliphatic carbocycles. The lowest BCUT2D eigenvalue weighted by Gasteiger charge is -2.27. The standard InChI is InChI=1S/C20H20O3S/c1-2-23-19(22)20(14-8-13-18(20)21)16-11-6-7-12-17(16)24-15-9-4-3-5-10-15/h3-7,9-12H,2,8,13-14H2,1H3. The molecule has 0 N–H and O–H groups in total. The Labute approximate surface area is 146 Å². The van der Waals surface area contributed by atoms with Gasteiger partial charge in [0, 0.05) is 16.2 Å². The Hall–Kier alpha value is -2.07. The molecular formula is C20H20O3S. The number of hydrogen-bond acceptors (Lipinski definition) is 4. The number of ketones is 1. The second-order valence-electron chi connectivity index (χ2n) is 5.81. The van der Waals surface area contributed by atoms with Gasteiger partial charge < -0.3 is 4.74 Å². The maximum atomic E-state index is 12.7. The van der Waals surface area contributed by atoms with Crippen molar-refractivity contribution < 1.29 is 14.3 Å². The highest BCUT2D eigenvalue weighted by Gasteiger charge is 2.52. The highest BCUT2D eigenvalue weighted by atomic mass is 32.2. The Balaban J connectivity index is 2.06. The first-order valence-electron chi connectivity index (χ1n) is 8.21. The number of esters is 1. The molecule has 2 aromatic carbocycles. The molecule has 0 radical (unpaired) electrons. The first kappa shape index (κ1) is 16.8. The molecular weight excluding hydrogens is 320 g/mol. The molecule has 3 rings (SSSR count). The van der Waals surface area contributed by atoms with E-state index < -0.39 is 11.4 Å². The van der Waals surface area contributed by atoms with Crippen molar-refractivity contribution in [3.63, 3.8) is 0 Å². The predicted molar refractivity (Wildman–Crippen MR) is 94.2 cm³/mol. The molecule has 0 amide bonds. The Morgan fingerprint density at radius 2 is 1.83 bits per heavy atom. The van der Waals surface area contributed by atoms with Crippen molar-refractivity contribution in [2.24, 2.45) is 0 Å². The number of carbonyl (C=O) groups is 2. The van der Waals surface area contributed by atoms with Gasteiger partial charge in [0.1, 0.15) is 0 Å². The van der Waals surface area contributed by atoms with Crippen LogP contribution in [0.4, 0.5) is 0 Å². The van der Waals surface area contributed by atoms with Crippen molar-refractivity contribution >= 4 is 23.5 Å². The van der Waals surface area contributed by atoms with Crippen molar-refractivity contribution in [1.29, 1.82) is 0 Å². The lowest BCUT2D eigenvalue weighted by Crippen LogP contribution is -2.41. The maximum Gasteiger partial charge on any atom is 0.324 e. The normalized spacial score (nSPS) is 20.1. The molecule has 1 unspecified atom stereocenters. The molecule has 0 saturated heterocycles. The van der Waals surface area contributed by atoms with Crippen LogP contribution in [0.25, 0.3) is 0 Å². The van der Waals surface area contributed by atoms with E-state index in [-0.39, 0.29) is 12.4 Å². The van der Waals surface area contributed by atoms with E-state index in [4.69, 9.17) is 4.74 Å². The number of rotatable bonds is 5. The Kier molecular flexibility index (Phi) is 5.05. The van der Waals surface area contributed by atoms with Crippen molar-refractivity contribution in [2.45, 2.75) is 41.4 Å². The first-order chi connectivity index (χ1) is 11.7. The number of hydrogen-bond donors (Lipinski definition) is 0. The van der Waals surface area contributed by atoms with Crippen LogP contribution in [0.2, 0.25) is 0 Å². The molecule has 1 atom stereocenters. The zero-order valence-electron chi connectivity index (χ0n) is 13.7. The van der Waals surface area contributed by atoms with Gasteiger partial charge in [-0.15, -0.1) is 0 Å². The topological polar surface area (TPSA) is 43.4 Å². The molecule has 4 heteroatoms. The van der Waals surface area contributed by atoms with Crippen LogP contribution in [0.1, 0.15) is 31.7 Å². The first-order valence-corrected chi connectivity index (χ1v) is 9.03. The summed E-state index contributed by atoms with van der Waals surface area (Å²) in [6.07, 6.45) is 1.68. The molecule has 0 bridgehead atoms. The quantitative estimate of drug-likeness (QED) is 0.598. The molecule has 0 spiro atoms. The van der Waals surface area contributed by atoms with Gasteiger partial charge in [-0.2, -0.15) is 0 Å². The number of benzene rings is 2. The van der Waals surface area contributed by atoms with Gasteiger partial charge in [-0.25, -0.2) is 0 Å². The summed E-state index contributed by atoms with van der Waals surface area (Å²) in [7, 11) is 0. The molecule has 1 aliphatic rings. The fourth-order valence-electron chi connectivity index (χ4n) is 3.26. The van der Waals surface area contributed by atoms with Crippen LogP contribution >= 0.6 is 11.8 Å². The lowest BCUT2D eigenvalue weighted by molar-refractivity contribution is -0.153. The van der Waals surface area contributed by atoms with Crippen molar-refractivity contribution in [1.82, 2.24) is 0 Å². The Morgan fingerprint density at radius 1 is 1.12 bits per heavy atom. The molecule has 0 aromatic heterocycles. The van der Waals surface area contributed by atoms with Crippen LogP contribution in [0.5, 0.6) is 0 Å². The van der Waals surface area contributed by atoms with Crippen LogP contribution in [0.15, 0.2) is 64.4 Å². The van der Waals surface area contributed by atoms with Crippen LogP contribution in [0, 0.1) is 0 Å². The second kappa shape index (κ2) is 7.22. The Bertz CT molecular complexity index is 742. The van der Waals surface area contributed by atoms with E-state index in [1.54, 1.807) is 18.7 Å². The van der Waals surface area contributed by atoms with Crippen molar-refractivity contribution in [3.05, 3.63) is 60.2 Å². The third-order valence-electron chi connectivity index (χ3n) is 4.37. The number of carbonyl (C=O) groups excluding carboxylic acids is 2.